The van der Waals surface area contributed by atoms with E-state index in [1.807, 2.05) is 6.07 Å². The summed E-state index contributed by atoms with van der Waals surface area (Å²) < 4.78 is 63.1. The van der Waals surface area contributed by atoms with E-state index in [9.17, 15) is 18.3 Å². The molecule has 1 saturated heterocycles. The van der Waals surface area contributed by atoms with Gasteiger partial charge in [-0.25, -0.2) is 4.99 Å². The highest BCUT2D eigenvalue weighted by molar-refractivity contribution is 6.30. The second-order valence-corrected chi connectivity index (χ2v) is 8.80. The summed E-state index contributed by atoms with van der Waals surface area (Å²) in [4.78, 5) is 4.61. The zero-order valence-electron chi connectivity index (χ0n) is 20.1. The van der Waals surface area contributed by atoms with Gasteiger partial charge in [0.25, 0.3) is 0 Å². The number of ether oxygens (including phenoxy) is 4. The lowest BCUT2D eigenvalue weighted by Gasteiger charge is -2.32. The van der Waals surface area contributed by atoms with E-state index in [0.717, 1.165) is 30.5 Å². The van der Waals surface area contributed by atoms with Crippen molar-refractivity contribution >= 4 is 17.9 Å². The molecular formula is C24H23ClF3N5O5. The van der Waals surface area contributed by atoms with Gasteiger partial charge in [-0.1, -0.05) is 11.6 Å². The Morgan fingerprint density at radius 2 is 2.05 bits per heavy atom. The number of aliphatic hydroxyl groups excluding tert-OH is 1. The Morgan fingerprint density at radius 1 is 1.24 bits per heavy atom. The molecule has 14 heteroatoms. The predicted octanol–water partition coefficient (Wildman–Crippen LogP) is 4.07. The van der Waals surface area contributed by atoms with Crippen LogP contribution in [-0.2, 0) is 22.6 Å². The summed E-state index contributed by atoms with van der Waals surface area (Å²) in [5.41, 5.74) is -0.528. The third kappa shape index (κ3) is 6.70. The summed E-state index contributed by atoms with van der Waals surface area (Å²) in [6.07, 6.45) is -3.62. The van der Waals surface area contributed by atoms with Crippen molar-refractivity contribution in [1.29, 1.82) is 5.26 Å². The van der Waals surface area contributed by atoms with Crippen molar-refractivity contribution < 1.29 is 37.2 Å². The fraction of sp³-hybridized carbons (Fsp3) is 0.417. The number of alkyl halides is 3. The number of benzene rings is 1. The fourth-order valence-corrected chi connectivity index (χ4v) is 4.05. The molecule has 2 unspecified atom stereocenters. The van der Waals surface area contributed by atoms with Crippen molar-refractivity contribution in [3.63, 3.8) is 0 Å². The molecule has 38 heavy (non-hydrogen) atoms. The third-order valence-electron chi connectivity index (χ3n) is 5.60. The van der Waals surface area contributed by atoms with Gasteiger partial charge in [0.1, 0.15) is 5.75 Å². The molecule has 10 nitrogen and oxygen atoms in total. The Labute approximate surface area is 220 Å². The van der Waals surface area contributed by atoms with Crippen LogP contribution in [0.15, 0.2) is 40.7 Å². The number of hydrogen-bond donors (Lipinski definition) is 1. The first-order valence-corrected chi connectivity index (χ1v) is 11.9. The molecule has 1 aromatic carbocycles. The van der Waals surface area contributed by atoms with Crippen LogP contribution in [0.1, 0.15) is 36.1 Å². The minimum atomic E-state index is -4.93. The van der Waals surface area contributed by atoms with Crippen molar-refractivity contribution in [2.75, 3.05) is 13.7 Å². The molecule has 0 radical (unpaired) electrons. The molecule has 2 atom stereocenters. The average Bonchev–Trinajstić information content (AvgIpc) is 2.89. The molecule has 4 rings (SSSR count). The van der Waals surface area contributed by atoms with Crippen LogP contribution in [0.4, 0.5) is 13.2 Å². The second kappa shape index (κ2) is 12.0. The minimum Gasteiger partial charge on any atom is -0.480 e. The number of nitrogens with zero attached hydrogens (tertiary/aromatic N) is 5. The van der Waals surface area contributed by atoms with Crippen molar-refractivity contribution in [3.8, 4) is 17.7 Å². The molecule has 0 amide bonds. The molecule has 202 valence electrons. The van der Waals surface area contributed by atoms with Crippen LogP contribution < -0.4 is 9.47 Å². The van der Waals surface area contributed by atoms with E-state index in [2.05, 4.69) is 15.2 Å². The molecule has 0 saturated carbocycles. The number of hydrogen-bond acceptors (Lipinski definition) is 10. The first-order valence-electron chi connectivity index (χ1n) is 11.5. The minimum absolute atomic E-state index is 0.0632. The number of halogens is 4. The quantitative estimate of drug-likeness (QED) is 0.515. The lowest BCUT2D eigenvalue weighted by molar-refractivity contribution is -0.169. The van der Waals surface area contributed by atoms with Crippen molar-refractivity contribution in [2.24, 2.45) is 4.99 Å². The van der Waals surface area contributed by atoms with Crippen LogP contribution in [0.3, 0.4) is 0 Å². The molecule has 1 N–H and O–H groups in total. The number of nitriles is 1. The van der Waals surface area contributed by atoms with Gasteiger partial charge in [-0.3, -0.25) is 0 Å². The maximum absolute atomic E-state index is 13.7. The first-order chi connectivity index (χ1) is 18.2. The lowest BCUT2D eigenvalue weighted by Crippen LogP contribution is -2.41. The lowest BCUT2D eigenvalue weighted by atomic mass is 10.2. The van der Waals surface area contributed by atoms with Gasteiger partial charge in [0.15, 0.2) is 24.0 Å². The number of methoxy groups -OCH3 is 1. The van der Waals surface area contributed by atoms with Gasteiger partial charge >= 0.3 is 6.18 Å². The molecule has 0 spiro atoms. The zero-order chi connectivity index (χ0) is 27.3. The van der Waals surface area contributed by atoms with Crippen molar-refractivity contribution in [2.45, 2.75) is 51.1 Å². The van der Waals surface area contributed by atoms with Gasteiger partial charge in [-0.05, 0) is 43.5 Å². The van der Waals surface area contributed by atoms with Crippen LogP contribution >= 0.6 is 11.6 Å². The number of rotatable bonds is 8. The molecule has 1 aromatic heterocycles. The predicted molar refractivity (Wildman–Crippen MR) is 127 cm³/mol. The molecule has 1 fully saturated rings. The number of aliphatic imine (C=N–C) groups is 1. The fourth-order valence-electron chi connectivity index (χ4n) is 3.82. The molecule has 2 aromatic rings. The standard InChI is InChI=1S/C24H23ClF3N5O5/c1-35-22-15(8-17(31-32-22)12-37-19-4-2-3-5-36-19)11-33-13-30-21(24(26,27)28)20(23(33)34)38-18-7-14(10-29)6-16(25)9-18/h6-9,13,19,23,34H,2-5,11-12H2,1H3. The first kappa shape index (κ1) is 27.6. The monoisotopic (exact) mass is 553 g/mol. The summed E-state index contributed by atoms with van der Waals surface area (Å²) >= 11 is 5.95. The van der Waals surface area contributed by atoms with Gasteiger partial charge in [0.05, 0.1) is 43.9 Å². The number of aromatic nitrogens is 2. The molecule has 3 heterocycles. The maximum atomic E-state index is 13.7. The molecule has 0 aliphatic carbocycles. The molecular weight excluding hydrogens is 531 g/mol. The number of allylic oxidation sites excluding steroid dienone is 1. The van der Waals surface area contributed by atoms with Gasteiger partial charge in [-0.2, -0.15) is 18.4 Å². The van der Waals surface area contributed by atoms with E-state index in [4.69, 9.17) is 35.8 Å². The van der Waals surface area contributed by atoms with Gasteiger partial charge in [-0.15, -0.1) is 10.2 Å². The summed E-state index contributed by atoms with van der Waals surface area (Å²) in [5.74, 6) is -0.954. The summed E-state index contributed by atoms with van der Waals surface area (Å²) in [7, 11) is 1.36. The van der Waals surface area contributed by atoms with E-state index in [1.54, 1.807) is 6.07 Å². The van der Waals surface area contributed by atoms with Crippen LogP contribution in [0.25, 0.3) is 0 Å². The Bertz CT molecular complexity index is 1260. The van der Waals surface area contributed by atoms with Crippen LogP contribution in [0.5, 0.6) is 11.6 Å². The average molecular weight is 554 g/mol. The molecule has 2 aliphatic heterocycles. The van der Waals surface area contributed by atoms with E-state index < -0.39 is 23.9 Å². The van der Waals surface area contributed by atoms with Crippen molar-refractivity contribution in [1.82, 2.24) is 15.1 Å². The van der Waals surface area contributed by atoms with Gasteiger partial charge in [0.2, 0.25) is 5.88 Å². The maximum Gasteiger partial charge on any atom is 0.436 e. The van der Waals surface area contributed by atoms with E-state index in [0.29, 0.717) is 17.9 Å². The zero-order valence-corrected chi connectivity index (χ0v) is 20.9. The normalized spacial score (nSPS) is 19.9. The highest BCUT2D eigenvalue weighted by Crippen LogP contribution is 2.35. The summed E-state index contributed by atoms with van der Waals surface area (Å²) in [6, 6.07) is 7.18. The molecule has 0 bridgehead atoms. The van der Waals surface area contributed by atoms with E-state index >= 15 is 0 Å². The smallest absolute Gasteiger partial charge is 0.436 e. The second-order valence-electron chi connectivity index (χ2n) is 8.37. The van der Waals surface area contributed by atoms with Crippen LogP contribution in [0, 0.1) is 11.3 Å². The highest BCUT2D eigenvalue weighted by atomic mass is 35.5. The summed E-state index contributed by atoms with van der Waals surface area (Å²) in [5, 5.41) is 28.2. The Balaban J connectivity index is 1.56. The Hall–Kier alpha value is -3.44. The molecule has 2 aliphatic rings. The van der Waals surface area contributed by atoms with Crippen LogP contribution in [-0.4, -0.2) is 59.0 Å². The van der Waals surface area contributed by atoms with Gasteiger partial charge < -0.3 is 29.0 Å². The van der Waals surface area contributed by atoms with Crippen molar-refractivity contribution in [3.05, 3.63) is 57.6 Å². The largest absolute Gasteiger partial charge is 0.480 e. The van der Waals surface area contributed by atoms with Gasteiger partial charge in [0, 0.05) is 17.2 Å². The van der Waals surface area contributed by atoms with Crippen LogP contribution in [0.2, 0.25) is 5.02 Å². The SMILES string of the molecule is COc1nnc(COC2CCCCO2)cc1CN1C=NC(C(F)(F)F)=C(Oc2cc(Cl)cc(C#N)c2)C1O. The summed E-state index contributed by atoms with van der Waals surface area (Å²) in [6.45, 7) is 0.544. The van der Waals surface area contributed by atoms with E-state index in [-0.39, 0.29) is 41.7 Å². The van der Waals surface area contributed by atoms with E-state index in [1.165, 1.54) is 25.3 Å². The third-order valence-corrected chi connectivity index (χ3v) is 5.82. The topological polar surface area (TPSA) is 122 Å². The Kier molecular flexibility index (Phi) is 8.68. The Morgan fingerprint density at radius 3 is 2.74 bits per heavy atom. The highest BCUT2D eigenvalue weighted by Gasteiger charge is 2.43. The number of aliphatic hydroxyl groups is 1.